The molecule has 0 heterocycles. The molecular weight excluding hydrogens is 371 g/mol. The van der Waals surface area contributed by atoms with Crippen molar-refractivity contribution < 1.29 is 0 Å². The third-order valence-corrected chi connectivity index (χ3v) is 4.66. The Kier molecular flexibility index (Phi) is 3.19. The van der Waals surface area contributed by atoms with E-state index >= 15 is 0 Å². The molecule has 0 aliphatic carbocycles. The van der Waals surface area contributed by atoms with Gasteiger partial charge in [-0.05, 0) is 79.1 Å². The number of hydrogen-bond donors (Lipinski definition) is 0. The van der Waals surface area contributed by atoms with Gasteiger partial charge in [0.1, 0.15) is 0 Å². The molecular formula is C7H5Br2I. The van der Waals surface area contributed by atoms with Gasteiger partial charge in [-0.3, -0.25) is 0 Å². The molecule has 0 unspecified atom stereocenters. The Hall–Kier alpha value is 0.910. The second-order valence-electron chi connectivity index (χ2n) is 1.97. The average molecular weight is 376 g/mol. The zero-order valence-electron chi connectivity index (χ0n) is 5.29. The molecule has 54 valence electrons. The van der Waals surface area contributed by atoms with Crippen molar-refractivity contribution in [3.8, 4) is 0 Å². The molecule has 0 spiro atoms. The van der Waals surface area contributed by atoms with E-state index in [1.54, 1.807) is 0 Å². The summed E-state index contributed by atoms with van der Waals surface area (Å²) in [5.41, 5.74) is 1.29. The van der Waals surface area contributed by atoms with E-state index in [2.05, 4.69) is 67.4 Å². The maximum atomic E-state index is 3.48. The SMILES string of the molecule is Cc1c(I)ccc(Br)c1Br. The van der Waals surface area contributed by atoms with Crippen LogP contribution in [0, 0.1) is 10.5 Å². The van der Waals surface area contributed by atoms with E-state index in [-0.39, 0.29) is 0 Å². The highest BCUT2D eigenvalue weighted by Crippen LogP contribution is 2.29. The van der Waals surface area contributed by atoms with Gasteiger partial charge in [-0.15, -0.1) is 0 Å². The quantitative estimate of drug-likeness (QED) is 0.472. The van der Waals surface area contributed by atoms with Gasteiger partial charge in [0.05, 0.1) is 0 Å². The van der Waals surface area contributed by atoms with Crippen LogP contribution in [-0.4, -0.2) is 0 Å². The van der Waals surface area contributed by atoms with Gasteiger partial charge < -0.3 is 0 Å². The number of rotatable bonds is 0. The molecule has 0 atom stereocenters. The van der Waals surface area contributed by atoms with Crippen LogP contribution in [-0.2, 0) is 0 Å². The van der Waals surface area contributed by atoms with E-state index in [0.29, 0.717) is 0 Å². The predicted molar refractivity (Wildman–Crippen MR) is 59.3 cm³/mol. The maximum absolute atomic E-state index is 3.48. The molecule has 0 N–H and O–H groups in total. The van der Waals surface area contributed by atoms with Crippen molar-refractivity contribution in [1.29, 1.82) is 0 Å². The Morgan fingerprint density at radius 2 is 1.90 bits per heavy atom. The number of benzene rings is 1. The van der Waals surface area contributed by atoms with E-state index in [1.807, 2.05) is 6.07 Å². The summed E-state index contributed by atoms with van der Waals surface area (Å²) < 4.78 is 3.55. The Labute approximate surface area is 90.8 Å². The van der Waals surface area contributed by atoms with E-state index in [9.17, 15) is 0 Å². The molecule has 0 aromatic heterocycles. The fourth-order valence-corrected chi connectivity index (χ4v) is 2.22. The van der Waals surface area contributed by atoms with Gasteiger partial charge >= 0.3 is 0 Å². The lowest BCUT2D eigenvalue weighted by Crippen LogP contribution is -1.81. The summed E-state index contributed by atoms with van der Waals surface area (Å²) in [5, 5.41) is 0. The lowest BCUT2D eigenvalue weighted by atomic mass is 10.2. The molecule has 0 bridgehead atoms. The molecule has 0 radical (unpaired) electrons. The van der Waals surface area contributed by atoms with Crippen LogP contribution in [0.25, 0.3) is 0 Å². The first-order valence-electron chi connectivity index (χ1n) is 2.73. The van der Waals surface area contributed by atoms with E-state index < -0.39 is 0 Å². The second kappa shape index (κ2) is 3.54. The fourth-order valence-electron chi connectivity index (χ4n) is 0.628. The average Bonchev–Trinajstić information content (AvgIpc) is 1.93. The smallest absolute Gasteiger partial charge is 0.0357 e. The summed E-state index contributed by atoms with van der Waals surface area (Å²) in [4.78, 5) is 0. The summed E-state index contributed by atoms with van der Waals surface area (Å²) in [5.74, 6) is 0. The summed E-state index contributed by atoms with van der Waals surface area (Å²) in [6, 6.07) is 4.13. The molecule has 0 aliphatic heterocycles. The minimum absolute atomic E-state index is 1.12. The van der Waals surface area contributed by atoms with Crippen LogP contribution < -0.4 is 0 Å². The van der Waals surface area contributed by atoms with Crippen molar-refractivity contribution in [1.82, 2.24) is 0 Å². The number of halogens is 3. The number of hydrogen-bond acceptors (Lipinski definition) is 0. The molecule has 0 aliphatic rings. The van der Waals surface area contributed by atoms with Crippen LogP contribution in [0.4, 0.5) is 0 Å². The van der Waals surface area contributed by atoms with Crippen molar-refractivity contribution in [2.24, 2.45) is 0 Å². The molecule has 0 fully saturated rings. The van der Waals surface area contributed by atoms with E-state index in [0.717, 1.165) is 8.95 Å². The van der Waals surface area contributed by atoms with Gasteiger partial charge in [0.2, 0.25) is 0 Å². The molecule has 1 aromatic rings. The van der Waals surface area contributed by atoms with Crippen LogP contribution in [0.1, 0.15) is 5.56 Å². The third-order valence-electron chi connectivity index (χ3n) is 1.27. The largest absolute Gasteiger partial charge is 0.0496 e. The first kappa shape index (κ1) is 9.00. The predicted octanol–water partition coefficient (Wildman–Crippen LogP) is 4.12. The minimum atomic E-state index is 1.12. The maximum Gasteiger partial charge on any atom is 0.0357 e. The van der Waals surface area contributed by atoms with Gasteiger partial charge in [0, 0.05) is 12.5 Å². The van der Waals surface area contributed by atoms with Gasteiger partial charge in [-0.1, -0.05) is 0 Å². The van der Waals surface area contributed by atoms with Gasteiger partial charge in [0.25, 0.3) is 0 Å². The molecule has 0 amide bonds. The Morgan fingerprint density at radius 3 is 2.40 bits per heavy atom. The molecule has 0 saturated carbocycles. The molecule has 0 saturated heterocycles. The molecule has 3 heteroatoms. The molecule has 1 aromatic carbocycles. The Balaban J connectivity index is 3.34. The summed E-state index contributed by atoms with van der Waals surface area (Å²) in [7, 11) is 0. The first-order chi connectivity index (χ1) is 4.63. The van der Waals surface area contributed by atoms with Crippen LogP contribution in [0.2, 0.25) is 0 Å². The lowest BCUT2D eigenvalue weighted by molar-refractivity contribution is 1.37. The van der Waals surface area contributed by atoms with Gasteiger partial charge in [0.15, 0.2) is 0 Å². The van der Waals surface area contributed by atoms with Gasteiger partial charge in [-0.25, -0.2) is 0 Å². The standard InChI is InChI=1S/C7H5Br2I/c1-4-6(10)3-2-5(8)7(4)9/h2-3H,1H3. The Morgan fingerprint density at radius 1 is 1.30 bits per heavy atom. The highest BCUT2D eigenvalue weighted by atomic mass is 127. The fraction of sp³-hybridized carbons (Fsp3) is 0.143. The first-order valence-corrected chi connectivity index (χ1v) is 5.39. The normalized spacial score (nSPS) is 10.0. The highest BCUT2D eigenvalue weighted by molar-refractivity contribution is 14.1. The van der Waals surface area contributed by atoms with Crippen molar-refractivity contribution in [3.63, 3.8) is 0 Å². The molecule has 0 nitrogen and oxygen atoms in total. The van der Waals surface area contributed by atoms with E-state index in [4.69, 9.17) is 0 Å². The monoisotopic (exact) mass is 374 g/mol. The third kappa shape index (κ3) is 1.74. The molecule has 10 heavy (non-hydrogen) atoms. The highest BCUT2D eigenvalue weighted by Gasteiger charge is 2.01. The Bertz CT molecular complexity index is 231. The van der Waals surface area contributed by atoms with Crippen LogP contribution in [0.3, 0.4) is 0 Å². The van der Waals surface area contributed by atoms with Crippen LogP contribution in [0.5, 0.6) is 0 Å². The topological polar surface area (TPSA) is 0 Å². The van der Waals surface area contributed by atoms with Crippen molar-refractivity contribution in [2.75, 3.05) is 0 Å². The van der Waals surface area contributed by atoms with Crippen LogP contribution in [0.15, 0.2) is 21.1 Å². The minimum Gasteiger partial charge on any atom is -0.0496 e. The van der Waals surface area contributed by atoms with Gasteiger partial charge in [-0.2, -0.15) is 0 Å². The zero-order chi connectivity index (χ0) is 7.72. The zero-order valence-corrected chi connectivity index (χ0v) is 10.6. The molecule has 1 rings (SSSR count). The summed E-state index contributed by atoms with van der Waals surface area (Å²) >= 11 is 9.22. The lowest BCUT2D eigenvalue weighted by Gasteiger charge is -2.01. The van der Waals surface area contributed by atoms with Crippen LogP contribution >= 0.6 is 54.5 Å². The van der Waals surface area contributed by atoms with Crippen molar-refractivity contribution in [2.45, 2.75) is 6.92 Å². The second-order valence-corrected chi connectivity index (χ2v) is 4.78. The van der Waals surface area contributed by atoms with Crippen molar-refractivity contribution >= 4 is 54.5 Å². The summed E-state index contributed by atoms with van der Waals surface area (Å²) in [6.07, 6.45) is 0. The summed E-state index contributed by atoms with van der Waals surface area (Å²) in [6.45, 7) is 2.09. The van der Waals surface area contributed by atoms with E-state index in [1.165, 1.54) is 9.13 Å². The van der Waals surface area contributed by atoms with Crippen molar-refractivity contribution in [3.05, 3.63) is 30.2 Å².